The quantitative estimate of drug-likeness (QED) is 0.535. The van der Waals surface area contributed by atoms with E-state index in [9.17, 15) is 0 Å². The van der Waals surface area contributed by atoms with E-state index in [0.717, 1.165) is 45.1 Å². The monoisotopic (exact) mass is 387 g/mol. The first-order chi connectivity index (χ1) is 14.1. The van der Waals surface area contributed by atoms with Crippen LogP contribution in [0.5, 0.6) is 5.75 Å². The van der Waals surface area contributed by atoms with Crippen molar-refractivity contribution in [2.24, 2.45) is 0 Å². The highest BCUT2D eigenvalue weighted by Gasteiger charge is 2.15. The summed E-state index contributed by atoms with van der Waals surface area (Å²) in [7, 11) is 1.67. The number of para-hydroxylation sites is 2. The summed E-state index contributed by atoms with van der Waals surface area (Å²) < 4.78 is 7.19. The first-order valence-corrected chi connectivity index (χ1v) is 9.71. The molecule has 0 fully saturated rings. The van der Waals surface area contributed by atoms with Gasteiger partial charge in [0.05, 0.1) is 41.4 Å². The van der Waals surface area contributed by atoms with E-state index in [0.29, 0.717) is 6.54 Å². The molecule has 2 heterocycles. The Balaban J connectivity index is 1.51. The summed E-state index contributed by atoms with van der Waals surface area (Å²) in [5.74, 6) is 0.834. The van der Waals surface area contributed by atoms with Crippen LogP contribution in [0.3, 0.4) is 0 Å². The van der Waals surface area contributed by atoms with Gasteiger partial charge in [0.1, 0.15) is 5.75 Å². The predicted molar refractivity (Wildman–Crippen MR) is 114 cm³/mol. The fraction of sp³-hybridized carbons (Fsp3) is 0.261. The third-order valence-electron chi connectivity index (χ3n) is 5.25. The minimum absolute atomic E-state index is 0.134. The Labute approximate surface area is 170 Å². The van der Waals surface area contributed by atoms with Crippen molar-refractivity contribution < 1.29 is 4.74 Å². The molecule has 1 atom stereocenters. The van der Waals surface area contributed by atoms with Crippen LogP contribution in [-0.4, -0.2) is 26.9 Å². The number of aromatic nitrogens is 4. The molecule has 2 aromatic carbocycles. The molecule has 6 heteroatoms. The molecule has 0 aliphatic heterocycles. The molecule has 0 bridgehead atoms. The Bertz CT molecular complexity index is 1130. The summed E-state index contributed by atoms with van der Waals surface area (Å²) >= 11 is 0. The topological polar surface area (TPSA) is 64.9 Å². The Morgan fingerprint density at radius 3 is 2.38 bits per heavy atom. The zero-order chi connectivity index (χ0) is 20.4. The van der Waals surface area contributed by atoms with Crippen LogP contribution in [0, 0.1) is 13.8 Å². The number of ether oxygens (including phenoxy) is 1. The van der Waals surface area contributed by atoms with Crippen LogP contribution >= 0.6 is 0 Å². The zero-order valence-corrected chi connectivity index (χ0v) is 17.2. The van der Waals surface area contributed by atoms with Gasteiger partial charge in [-0.25, -0.2) is 14.6 Å². The number of rotatable bonds is 6. The van der Waals surface area contributed by atoms with Gasteiger partial charge in [-0.2, -0.15) is 5.10 Å². The van der Waals surface area contributed by atoms with Crippen LogP contribution in [0.1, 0.15) is 35.6 Å². The van der Waals surface area contributed by atoms with Crippen LogP contribution in [-0.2, 0) is 6.54 Å². The molecule has 6 nitrogen and oxygen atoms in total. The number of nitrogens with zero attached hydrogens (tertiary/aromatic N) is 4. The summed E-state index contributed by atoms with van der Waals surface area (Å²) in [6.45, 7) is 6.89. The molecule has 0 unspecified atom stereocenters. The van der Waals surface area contributed by atoms with Crippen LogP contribution in [0.2, 0.25) is 0 Å². The second-order valence-corrected chi connectivity index (χ2v) is 7.14. The Kier molecular flexibility index (Phi) is 5.27. The smallest absolute Gasteiger partial charge is 0.119 e. The maximum atomic E-state index is 5.24. The Morgan fingerprint density at radius 2 is 1.69 bits per heavy atom. The predicted octanol–water partition coefficient (Wildman–Crippen LogP) is 4.29. The van der Waals surface area contributed by atoms with Crippen molar-refractivity contribution in [2.75, 3.05) is 7.11 Å². The lowest BCUT2D eigenvalue weighted by molar-refractivity contribution is 0.414. The lowest BCUT2D eigenvalue weighted by Gasteiger charge is -2.15. The van der Waals surface area contributed by atoms with E-state index < -0.39 is 0 Å². The molecular weight excluding hydrogens is 362 g/mol. The van der Waals surface area contributed by atoms with Gasteiger partial charge in [-0.15, -0.1) is 0 Å². The van der Waals surface area contributed by atoms with Gasteiger partial charge in [-0.1, -0.05) is 12.1 Å². The second-order valence-electron chi connectivity index (χ2n) is 7.14. The van der Waals surface area contributed by atoms with Gasteiger partial charge in [0, 0.05) is 23.8 Å². The number of hydrogen-bond acceptors (Lipinski definition) is 5. The molecule has 0 spiro atoms. The summed E-state index contributed by atoms with van der Waals surface area (Å²) in [5, 5.41) is 8.15. The lowest BCUT2D eigenvalue weighted by Crippen LogP contribution is -2.20. The Morgan fingerprint density at radius 1 is 1.00 bits per heavy atom. The molecular formula is C23H25N5O. The molecule has 0 aliphatic carbocycles. The van der Waals surface area contributed by atoms with Crippen LogP contribution in [0.25, 0.3) is 16.7 Å². The third kappa shape index (κ3) is 3.84. The van der Waals surface area contributed by atoms with Gasteiger partial charge >= 0.3 is 0 Å². The molecule has 0 radical (unpaired) electrons. The standard InChI is InChI=1S/C23H25N5O/c1-15(24-14-23-16(2)26-21-7-5-6-8-22(21)27-23)20-13-25-28(17(20)3)18-9-11-19(29-4)12-10-18/h5-13,15,24H,14H2,1-4H3/t15-/m0/s1. The summed E-state index contributed by atoms with van der Waals surface area (Å²) in [4.78, 5) is 9.45. The summed E-state index contributed by atoms with van der Waals surface area (Å²) in [6, 6.07) is 16.0. The van der Waals surface area contributed by atoms with Gasteiger partial charge in [-0.3, -0.25) is 0 Å². The van der Waals surface area contributed by atoms with E-state index in [1.54, 1.807) is 7.11 Å². The number of hydrogen-bond donors (Lipinski definition) is 1. The normalized spacial score (nSPS) is 12.3. The van der Waals surface area contributed by atoms with Gasteiger partial charge in [0.25, 0.3) is 0 Å². The zero-order valence-electron chi connectivity index (χ0n) is 17.2. The highest BCUT2D eigenvalue weighted by molar-refractivity contribution is 5.74. The SMILES string of the molecule is COc1ccc(-n2ncc([C@H](C)NCc3nc4ccccc4nc3C)c2C)cc1. The van der Waals surface area contributed by atoms with Crippen LogP contribution in [0.15, 0.2) is 54.7 Å². The molecule has 4 aromatic rings. The summed E-state index contributed by atoms with van der Waals surface area (Å²) in [6.07, 6.45) is 1.93. The van der Waals surface area contributed by atoms with E-state index in [-0.39, 0.29) is 6.04 Å². The molecule has 29 heavy (non-hydrogen) atoms. The van der Waals surface area contributed by atoms with E-state index in [4.69, 9.17) is 9.72 Å². The molecule has 0 saturated heterocycles. The molecule has 1 N–H and O–H groups in total. The average Bonchev–Trinajstić information content (AvgIpc) is 3.13. The van der Waals surface area contributed by atoms with E-state index in [2.05, 4.69) is 29.2 Å². The fourth-order valence-corrected chi connectivity index (χ4v) is 3.48. The first-order valence-electron chi connectivity index (χ1n) is 9.71. The molecule has 148 valence electrons. The maximum Gasteiger partial charge on any atom is 0.119 e. The molecule has 0 saturated carbocycles. The summed E-state index contributed by atoms with van der Waals surface area (Å²) in [5.41, 5.74) is 7.05. The first kappa shape index (κ1) is 19.1. The fourth-order valence-electron chi connectivity index (χ4n) is 3.48. The van der Waals surface area contributed by atoms with Crippen molar-refractivity contribution >= 4 is 11.0 Å². The van der Waals surface area contributed by atoms with Crippen LogP contribution in [0.4, 0.5) is 0 Å². The number of methoxy groups -OCH3 is 1. The van der Waals surface area contributed by atoms with E-state index in [1.807, 2.05) is 66.3 Å². The van der Waals surface area contributed by atoms with Gasteiger partial charge in [-0.05, 0) is 57.2 Å². The maximum absolute atomic E-state index is 5.24. The number of aryl methyl sites for hydroxylation is 1. The van der Waals surface area contributed by atoms with Crippen molar-refractivity contribution in [1.82, 2.24) is 25.1 Å². The third-order valence-corrected chi connectivity index (χ3v) is 5.25. The number of fused-ring (bicyclic) bond motifs is 1. The molecule has 0 amide bonds. The van der Waals surface area contributed by atoms with Gasteiger partial charge < -0.3 is 10.1 Å². The minimum Gasteiger partial charge on any atom is -0.497 e. The van der Waals surface area contributed by atoms with Crippen molar-refractivity contribution in [2.45, 2.75) is 33.4 Å². The largest absolute Gasteiger partial charge is 0.497 e. The molecule has 4 rings (SSSR count). The highest BCUT2D eigenvalue weighted by atomic mass is 16.5. The van der Waals surface area contributed by atoms with Crippen molar-refractivity contribution in [3.05, 3.63) is 77.4 Å². The molecule has 2 aromatic heterocycles. The Hall–Kier alpha value is -3.25. The van der Waals surface area contributed by atoms with Crippen molar-refractivity contribution in [1.29, 1.82) is 0 Å². The van der Waals surface area contributed by atoms with Gasteiger partial charge in [0.2, 0.25) is 0 Å². The highest BCUT2D eigenvalue weighted by Crippen LogP contribution is 2.22. The number of benzene rings is 2. The second kappa shape index (κ2) is 8.01. The van der Waals surface area contributed by atoms with Crippen molar-refractivity contribution in [3.8, 4) is 11.4 Å². The van der Waals surface area contributed by atoms with Crippen LogP contribution < -0.4 is 10.1 Å². The average molecular weight is 387 g/mol. The number of nitrogens with one attached hydrogen (secondary N) is 1. The van der Waals surface area contributed by atoms with Gasteiger partial charge in [0.15, 0.2) is 0 Å². The minimum atomic E-state index is 0.134. The lowest BCUT2D eigenvalue weighted by atomic mass is 10.1. The molecule has 0 aliphatic rings. The van der Waals surface area contributed by atoms with E-state index >= 15 is 0 Å². The van der Waals surface area contributed by atoms with E-state index in [1.165, 1.54) is 0 Å². The van der Waals surface area contributed by atoms with Crippen molar-refractivity contribution in [3.63, 3.8) is 0 Å².